The Morgan fingerprint density at radius 1 is 1.40 bits per heavy atom. The highest BCUT2D eigenvalue weighted by molar-refractivity contribution is 5.06. The lowest BCUT2D eigenvalue weighted by Crippen LogP contribution is -2.42. The molecule has 5 nitrogen and oxygen atoms in total. The third-order valence-corrected chi connectivity index (χ3v) is 4.68. The molecule has 0 aromatic carbocycles. The van der Waals surface area contributed by atoms with Crippen molar-refractivity contribution in [1.82, 2.24) is 15.4 Å². The summed E-state index contributed by atoms with van der Waals surface area (Å²) < 4.78 is 11.1. The standard InChI is InChI=1S/C15H25N3O2/c1-11-7-14(20-17-11)8-12-9-18(10-15(12)19-2)13-3-5-16-6-4-13/h7,12-13,15-16H,3-6,8-10H2,1-2H3/t12-,15+/m1/s1. The van der Waals surface area contributed by atoms with Crippen LogP contribution in [0.25, 0.3) is 0 Å². The molecule has 1 N–H and O–H groups in total. The monoisotopic (exact) mass is 279 g/mol. The van der Waals surface area contributed by atoms with Gasteiger partial charge in [-0.2, -0.15) is 0 Å². The molecule has 0 saturated carbocycles. The summed E-state index contributed by atoms with van der Waals surface area (Å²) in [5.41, 5.74) is 0.960. The maximum absolute atomic E-state index is 5.70. The molecule has 0 aliphatic carbocycles. The van der Waals surface area contributed by atoms with E-state index in [2.05, 4.69) is 15.4 Å². The largest absolute Gasteiger partial charge is 0.380 e. The van der Waals surface area contributed by atoms with Crippen LogP contribution >= 0.6 is 0 Å². The van der Waals surface area contributed by atoms with Crippen LogP contribution in [0, 0.1) is 12.8 Å². The number of nitrogens with one attached hydrogen (secondary N) is 1. The number of hydrogen-bond acceptors (Lipinski definition) is 5. The smallest absolute Gasteiger partial charge is 0.137 e. The molecule has 5 heteroatoms. The molecule has 1 aromatic heterocycles. The summed E-state index contributed by atoms with van der Waals surface area (Å²) in [5.74, 6) is 1.50. The van der Waals surface area contributed by atoms with Crippen molar-refractivity contribution >= 4 is 0 Å². The number of likely N-dealkylation sites (tertiary alicyclic amines) is 1. The summed E-state index contributed by atoms with van der Waals surface area (Å²) in [4.78, 5) is 2.61. The van der Waals surface area contributed by atoms with Gasteiger partial charge in [0.1, 0.15) is 5.76 Å². The quantitative estimate of drug-likeness (QED) is 0.898. The molecule has 1 aromatic rings. The van der Waals surface area contributed by atoms with Crippen molar-refractivity contribution in [3.05, 3.63) is 17.5 Å². The molecule has 2 aliphatic rings. The van der Waals surface area contributed by atoms with Gasteiger partial charge in [0.2, 0.25) is 0 Å². The van der Waals surface area contributed by atoms with Crippen molar-refractivity contribution in [3.8, 4) is 0 Å². The molecule has 2 aliphatic heterocycles. The molecular formula is C15H25N3O2. The van der Waals surface area contributed by atoms with Crippen molar-refractivity contribution in [3.63, 3.8) is 0 Å². The predicted octanol–water partition coefficient (Wildman–Crippen LogP) is 1.22. The van der Waals surface area contributed by atoms with E-state index >= 15 is 0 Å². The van der Waals surface area contributed by atoms with Gasteiger partial charge in [-0.05, 0) is 32.9 Å². The van der Waals surface area contributed by atoms with Gasteiger partial charge >= 0.3 is 0 Å². The fraction of sp³-hybridized carbons (Fsp3) is 0.800. The first kappa shape index (κ1) is 14.0. The SMILES string of the molecule is CO[C@H]1CN(C2CCNCC2)C[C@H]1Cc1cc(C)no1. The highest BCUT2D eigenvalue weighted by atomic mass is 16.5. The van der Waals surface area contributed by atoms with E-state index in [1.54, 1.807) is 0 Å². The first-order valence-corrected chi connectivity index (χ1v) is 7.66. The molecular weight excluding hydrogens is 254 g/mol. The molecule has 2 atom stereocenters. The maximum Gasteiger partial charge on any atom is 0.137 e. The molecule has 0 amide bonds. The topological polar surface area (TPSA) is 50.5 Å². The van der Waals surface area contributed by atoms with E-state index in [0.29, 0.717) is 12.0 Å². The molecule has 3 heterocycles. The van der Waals surface area contributed by atoms with E-state index in [-0.39, 0.29) is 0 Å². The predicted molar refractivity (Wildman–Crippen MR) is 76.7 cm³/mol. The minimum Gasteiger partial charge on any atom is -0.380 e. The lowest BCUT2D eigenvalue weighted by Gasteiger charge is -2.31. The highest BCUT2D eigenvalue weighted by Crippen LogP contribution is 2.27. The van der Waals surface area contributed by atoms with Crippen molar-refractivity contribution in [2.24, 2.45) is 5.92 Å². The Morgan fingerprint density at radius 3 is 2.85 bits per heavy atom. The van der Waals surface area contributed by atoms with Gasteiger partial charge in [0, 0.05) is 44.6 Å². The fourth-order valence-electron chi connectivity index (χ4n) is 3.58. The number of aromatic nitrogens is 1. The fourth-order valence-corrected chi connectivity index (χ4v) is 3.58. The molecule has 2 fully saturated rings. The van der Waals surface area contributed by atoms with Gasteiger partial charge in [-0.3, -0.25) is 4.90 Å². The molecule has 3 rings (SSSR count). The lowest BCUT2D eigenvalue weighted by molar-refractivity contribution is 0.0725. The number of methoxy groups -OCH3 is 1. The van der Waals surface area contributed by atoms with Gasteiger partial charge in [0.15, 0.2) is 0 Å². The van der Waals surface area contributed by atoms with Gasteiger partial charge in [-0.1, -0.05) is 5.16 Å². The molecule has 0 radical (unpaired) electrons. The maximum atomic E-state index is 5.70. The average Bonchev–Trinajstić information content (AvgIpc) is 3.07. The summed E-state index contributed by atoms with van der Waals surface area (Å²) in [6.07, 6.45) is 3.76. The van der Waals surface area contributed by atoms with Gasteiger partial charge in [0.25, 0.3) is 0 Å². The molecule has 2 saturated heterocycles. The summed E-state index contributed by atoms with van der Waals surface area (Å²) >= 11 is 0. The number of rotatable bonds is 4. The average molecular weight is 279 g/mol. The van der Waals surface area contributed by atoms with E-state index < -0.39 is 0 Å². The van der Waals surface area contributed by atoms with Crippen LogP contribution in [0.15, 0.2) is 10.6 Å². The zero-order valence-electron chi connectivity index (χ0n) is 12.5. The first-order chi connectivity index (χ1) is 9.76. The second kappa shape index (κ2) is 6.24. The van der Waals surface area contributed by atoms with Crippen LogP contribution in [0.3, 0.4) is 0 Å². The van der Waals surface area contributed by atoms with E-state index in [1.165, 1.54) is 12.8 Å². The number of piperidine rings is 1. The molecule has 0 unspecified atom stereocenters. The zero-order chi connectivity index (χ0) is 13.9. The van der Waals surface area contributed by atoms with Gasteiger partial charge in [-0.25, -0.2) is 0 Å². The summed E-state index contributed by atoms with van der Waals surface area (Å²) in [7, 11) is 1.83. The van der Waals surface area contributed by atoms with Crippen LogP contribution < -0.4 is 5.32 Å². The Bertz CT molecular complexity index is 429. The Balaban J connectivity index is 1.61. The Morgan fingerprint density at radius 2 is 2.20 bits per heavy atom. The van der Waals surface area contributed by atoms with E-state index in [1.807, 2.05) is 20.1 Å². The van der Waals surface area contributed by atoms with E-state index in [9.17, 15) is 0 Å². The van der Waals surface area contributed by atoms with E-state index in [0.717, 1.165) is 50.1 Å². The molecule has 0 bridgehead atoms. The van der Waals surface area contributed by atoms with Crippen LogP contribution in [-0.2, 0) is 11.2 Å². The van der Waals surface area contributed by atoms with Crippen molar-refractivity contribution < 1.29 is 9.26 Å². The van der Waals surface area contributed by atoms with Gasteiger partial charge in [-0.15, -0.1) is 0 Å². The Labute approximate surface area is 120 Å². The normalized spacial score (nSPS) is 29.1. The van der Waals surface area contributed by atoms with Crippen molar-refractivity contribution in [1.29, 1.82) is 0 Å². The number of nitrogens with zero attached hydrogens (tertiary/aromatic N) is 2. The third-order valence-electron chi connectivity index (χ3n) is 4.68. The molecule has 0 spiro atoms. The summed E-state index contributed by atoms with van der Waals surface area (Å²) in [6, 6.07) is 2.76. The first-order valence-electron chi connectivity index (χ1n) is 7.66. The highest BCUT2D eigenvalue weighted by Gasteiger charge is 2.37. The van der Waals surface area contributed by atoms with Crippen LogP contribution in [0.2, 0.25) is 0 Å². The van der Waals surface area contributed by atoms with Crippen LogP contribution in [0.4, 0.5) is 0 Å². The Hall–Kier alpha value is -0.910. The van der Waals surface area contributed by atoms with Gasteiger partial charge < -0.3 is 14.6 Å². The molecule has 20 heavy (non-hydrogen) atoms. The van der Waals surface area contributed by atoms with Crippen LogP contribution in [-0.4, -0.2) is 55.5 Å². The van der Waals surface area contributed by atoms with Crippen LogP contribution in [0.1, 0.15) is 24.3 Å². The van der Waals surface area contributed by atoms with Gasteiger partial charge in [0.05, 0.1) is 11.8 Å². The second-order valence-electron chi connectivity index (χ2n) is 6.11. The van der Waals surface area contributed by atoms with Crippen LogP contribution in [0.5, 0.6) is 0 Å². The van der Waals surface area contributed by atoms with Crippen molar-refractivity contribution in [2.45, 2.75) is 38.3 Å². The number of ether oxygens (including phenoxy) is 1. The zero-order valence-corrected chi connectivity index (χ0v) is 12.5. The Kier molecular flexibility index (Phi) is 4.38. The minimum absolute atomic E-state index is 0.315. The minimum atomic E-state index is 0.315. The number of hydrogen-bond donors (Lipinski definition) is 1. The number of aryl methyl sites for hydroxylation is 1. The van der Waals surface area contributed by atoms with Crippen molar-refractivity contribution in [2.75, 3.05) is 33.3 Å². The second-order valence-corrected chi connectivity index (χ2v) is 6.11. The lowest BCUT2D eigenvalue weighted by atomic mass is 10.00. The summed E-state index contributed by atoms with van der Waals surface area (Å²) in [6.45, 7) is 6.42. The molecule has 112 valence electrons. The summed E-state index contributed by atoms with van der Waals surface area (Å²) in [5, 5.41) is 7.42. The van der Waals surface area contributed by atoms with E-state index in [4.69, 9.17) is 9.26 Å². The third kappa shape index (κ3) is 3.05.